The number of ketones is 1. The molecule has 2 aliphatic carbocycles. The summed E-state index contributed by atoms with van der Waals surface area (Å²) in [5.74, 6) is 1.77. The Morgan fingerprint density at radius 1 is 1.44 bits per heavy atom. The van der Waals surface area contributed by atoms with Gasteiger partial charge in [-0.1, -0.05) is 18.0 Å². The third-order valence-electron chi connectivity index (χ3n) is 4.50. The summed E-state index contributed by atoms with van der Waals surface area (Å²) in [5.41, 5.74) is 1.20. The van der Waals surface area contributed by atoms with Crippen LogP contribution >= 0.6 is 0 Å². The zero-order chi connectivity index (χ0) is 11.2. The van der Waals surface area contributed by atoms with Crippen LogP contribution in [-0.2, 0) is 9.63 Å². The van der Waals surface area contributed by atoms with Gasteiger partial charge in [0.15, 0.2) is 0 Å². The van der Waals surface area contributed by atoms with E-state index in [0.717, 1.165) is 30.4 Å². The lowest BCUT2D eigenvalue weighted by Gasteiger charge is -2.06. The van der Waals surface area contributed by atoms with Crippen molar-refractivity contribution in [3.05, 3.63) is 0 Å². The third-order valence-corrected chi connectivity index (χ3v) is 4.50. The molecule has 0 aromatic heterocycles. The van der Waals surface area contributed by atoms with E-state index in [0.29, 0.717) is 6.42 Å². The predicted octanol–water partition coefficient (Wildman–Crippen LogP) is 2.69. The number of fused-ring (bicyclic) bond motifs is 3. The van der Waals surface area contributed by atoms with Gasteiger partial charge in [-0.25, -0.2) is 0 Å². The van der Waals surface area contributed by atoms with Crippen LogP contribution in [0.4, 0.5) is 0 Å². The Balaban J connectivity index is 1.58. The van der Waals surface area contributed by atoms with Crippen LogP contribution in [0.5, 0.6) is 0 Å². The standard InChI is InChI=1S/C13H19NO2/c1-9(15)6-7-10-8-13(16-14-10)11-4-2-3-5-12(11)13/h11-12H,2-8H2,1H3. The van der Waals surface area contributed by atoms with E-state index in [1.165, 1.54) is 25.7 Å². The molecule has 0 aromatic carbocycles. The van der Waals surface area contributed by atoms with E-state index in [2.05, 4.69) is 5.16 Å². The maximum absolute atomic E-state index is 10.9. The van der Waals surface area contributed by atoms with Crippen molar-refractivity contribution in [2.24, 2.45) is 17.0 Å². The lowest BCUT2D eigenvalue weighted by Crippen LogP contribution is -2.14. The second kappa shape index (κ2) is 3.57. The summed E-state index contributed by atoms with van der Waals surface area (Å²) >= 11 is 0. The lowest BCUT2D eigenvalue weighted by atomic mass is 10.0. The number of nitrogens with zero attached hydrogens (tertiary/aromatic N) is 1. The number of carbonyl (C=O) groups is 1. The van der Waals surface area contributed by atoms with Crippen LogP contribution in [0.3, 0.4) is 0 Å². The van der Waals surface area contributed by atoms with E-state index in [4.69, 9.17) is 4.84 Å². The largest absolute Gasteiger partial charge is 0.388 e. The molecule has 0 bridgehead atoms. The van der Waals surface area contributed by atoms with Crippen LogP contribution in [0.1, 0.15) is 51.9 Å². The number of Topliss-reactive ketones (excluding diaryl/α,β-unsaturated/α-hetero) is 1. The molecule has 3 heteroatoms. The average molecular weight is 221 g/mol. The van der Waals surface area contributed by atoms with Crippen molar-refractivity contribution in [3.63, 3.8) is 0 Å². The predicted molar refractivity (Wildman–Crippen MR) is 61.2 cm³/mol. The monoisotopic (exact) mass is 221 g/mol. The number of hydrogen-bond acceptors (Lipinski definition) is 3. The van der Waals surface area contributed by atoms with Gasteiger partial charge < -0.3 is 9.63 Å². The van der Waals surface area contributed by atoms with Crippen LogP contribution in [-0.4, -0.2) is 17.1 Å². The first-order valence-corrected chi connectivity index (χ1v) is 6.46. The molecule has 0 aromatic rings. The second-order valence-electron chi connectivity index (χ2n) is 5.58. The summed E-state index contributed by atoms with van der Waals surface area (Å²) < 4.78 is 0. The van der Waals surface area contributed by atoms with Gasteiger partial charge in [0.25, 0.3) is 0 Å². The highest BCUT2D eigenvalue weighted by molar-refractivity contribution is 5.90. The highest BCUT2D eigenvalue weighted by Crippen LogP contribution is 2.64. The summed E-state index contributed by atoms with van der Waals surface area (Å²) in [6.45, 7) is 1.64. The van der Waals surface area contributed by atoms with Crippen molar-refractivity contribution in [1.82, 2.24) is 0 Å². The highest BCUT2D eigenvalue weighted by Gasteiger charge is 2.69. The Morgan fingerprint density at radius 2 is 2.12 bits per heavy atom. The summed E-state index contributed by atoms with van der Waals surface area (Å²) in [6, 6.07) is 0. The van der Waals surface area contributed by atoms with E-state index in [1.807, 2.05) is 0 Å². The molecule has 0 amide bonds. The molecule has 2 unspecified atom stereocenters. The van der Waals surface area contributed by atoms with Gasteiger partial charge in [0.05, 0.1) is 5.71 Å². The van der Waals surface area contributed by atoms with Crippen LogP contribution in [0.15, 0.2) is 5.16 Å². The van der Waals surface area contributed by atoms with Crippen LogP contribution in [0, 0.1) is 11.8 Å². The van der Waals surface area contributed by atoms with Gasteiger partial charge in [-0.05, 0) is 26.2 Å². The maximum Gasteiger partial charge on any atom is 0.149 e. The molecule has 0 radical (unpaired) electrons. The smallest absolute Gasteiger partial charge is 0.149 e. The number of carbonyl (C=O) groups excluding carboxylic acids is 1. The van der Waals surface area contributed by atoms with Crippen molar-refractivity contribution in [1.29, 1.82) is 0 Å². The minimum Gasteiger partial charge on any atom is -0.388 e. The molecular formula is C13H19NO2. The minimum absolute atomic E-state index is 0.0859. The van der Waals surface area contributed by atoms with Crippen molar-refractivity contribution in [2.75, 3.05) is 0 Å². The fraction of sp³-hybridized carbons (Fsp3) is 0.846. The normalized spacial score (nSPS) is 40.2. The van der Waals surface area contributed by atoms with Gasteiger partial charge in [0.2, 0.25) is 0 Å². The fourth-order valence-corrected chi connectivity index (χ4v) is 3.58. The molecule has 0 N–H and O–H groups in total. The summed E-state index contributed by atoms with van der Waals surface area (Å²) in [5, 5.41) is 4.21. The minimum atomic E-state index is 0.0859. The van der Waals surface area contributed by atoms with Gasteiger partial charge in [-0.15, -0.1) is 0 Å². The highest BCUT2D eigenvalue weighted by atomic mass is 16.7. The lowest BCUT2D eigenvalue weighted by molar-refractivity contribution is -0.116. The maximum atomic E-state index is 10.9. The molecule has 2 atom stereocenters. The van der Waals surface area contributed by atoms with Gasteiger partial charge in [-0.3, -0.25) is 0 Å². The zero-order valence-electron chi connectivity index (χ0n) is 9.87. The van der Waals surface area contributed by atoms with E-state index in [-0.39, 0.29) is 11.4 Å². The first kappa shape index (κ1) is 10.3. The Labute approximate surface area is 96.2 Å². The van der Waals surface area contributed by atoms with Gasteiger partial charge in [-0.2, -0.15) is 0 Å². The summed E-state index contributed by atoms with van der Waals surface area (Å²) in [4.78, 5) is 16.7. The Bertz CT molecular complexity index is 336. The molecular weight excluding hydrogens is 202 g/mol. The first-order valence-electron chi connectivity index (χ1n) is 6.46. The van der Waals surface area contributed by atoms with E-state index >= 15 is 0 Å². The van der Waals surface area contributed by atoms with Crippen molar-refractivity contribution in [3.8, 4) is 0 Å². The van der Waals surface area contributed by atoms with Crippen LogP contribution < -0.4 is 0 Å². The molecule has 3 aliphatic rings. The summed E-state index contributed by atoms with van der Waals surface area (Å²) in [7, 11) is 0. The van der Waals surface area contributed by atoms with Gasteiger partial charge in [0, 0.05) is 24.7 Å². The van der Waals surface area contributed by atoms with Crippen molar-refractivity contribution < 1.29 is 9.63 Å². The fourth-order valence-electron chi connectivity index (χ4n) is 3.58. The molecule has 3 nitrogen and oxygen atoms in total. The number of rotatable bonds is 3. The molecule has 16 heavy (non-hydrogen) atoms. The quantitative estimate of drug-likeness (QED) is 0.735. The SMILES string of the molecule is CC(=O)CCC1=NOC2(C1)C1CCCCC12. The summed E-state index contributed by atoms with van der Waals surface area (Å²) in [6.07, 6.45) is 7.77. The third kappa shape index (κ3) is 1.48. The first-order chi connectivity index (χ1) is 7.72. The Hall–Kier alpha value is -0.860. The molecule has 2 fully saturated rings. The van der Waals surface area contributed by atoms with Gasteiger partial charge in [0.1, 0.15) is 11.4 Å². The van der Waals surface area contributed by atoms with Crippen LogP contribution in [0.25, 0.3) is 0 Å². The van der Waals surface area contributed by atoms with Crippen molar-refractivity contribution >= 4 is 11.5 Å². The van der Waals surface area contributed by atoms with Gasteiger partial charge >= 0.3 is 0 Å². The molecule has 2 saturated carbocycles. The second-order valence-corrected chi connectivity index (χ2v) is 5.58. The van der Waals surface area contributed by atoms with E-state index < -0.39 is 0 Å². The van der Waals surface area contributed by atoms with E-state index in [9.17, 15) is 4.79 Å². The topological polar surface area (TPSA) is 38.7 Å². The zero-order valence-corrected chi connectivity index (χ0v) is 9.87. The molecule has 0 saturated heterocycles. The molecule has 1 heterocycles. The molecule has 3 rings (SSSR count). The van der Waals surface area contributed by atoms with Crippen molar-refractivity contribution in [2.45, 2.75) is 57.5 Å². The van der Waals surface area contributed by atoms with Crippen LogP contribution in [0.2, 0.25) is 0 Å². The number of oxime groups is 1. The Morgan fingerprint density at radius 3 is 2.75 bits per heavy atom. The molecule has 88 valence electrons. The molecule has 1 aliphatic heterocycles. The van der Waals surface area contributed by atoms with E-state index in [1.54, 1.807) is 6.92 Å². The molecule has 1 spiro atoms. The average Bonchev–Trinajstić information content (AvgIpc) is 2.69. The Kier molecular flexibility index (Phi) is 2.30. The number of hydrogen-bond donors (Lipinski definition) is 0.